The van der Waals surface area contributed by atoms with Crippen LogP contribution < -0.4 is 16.2 Å². The zero-order chi connectivity index (χ0) is 49.6. The number of likely N-dealkylation sites (N-methyl/N-ethyl adjacent to an activating group) is 1. The molecule has 1 aliphatic heterocycles. The molecule has 3 rings (SSSR count). The van der Waals surface area contributed by atoms with Gasteiger partial charge in [0, 0.05) is 61.2 Å². The average molecular weight is 993 g/mol. The highest BCUT2D eigenvalue weighted by Gasteiger charge is 2.40. The van der Waals surface area contributed by atoms with Gasteiger partial charge in [0.15, 0.2) is 18.6 Å². The Hall–Kier alpha value is -4.40. The molecule has 17 nitrogen and oxygen atoms in total. The molecule has 374 valence electrons. The summed E-state index contributed by atoms with van der Waals surface area (Å²) in [5, 5.41) is 14.7. The minimum Gasteiger partial charge on any atom is -0.508 e. The quantitative estimate of drug-likeness (QED) is 0.0173. The lowest BCUT2D eigenvalue weighted by molar-refractivity contribution is -0.161. The number of hydrogen-bond acceptors (Lipinski definition) is 16. The Balaban J connectivity index is 1.90. The van der Waals surface area contributed by atoms with Crippen LogP contribution in [0.15, 0.2) is 29.6 Å². The van der Waals surface area contributed by atoms with Gasteiger partial charge in [-0.1, -0.05) is 88.1 Å². The maximum atomic E-state index is 14.9. The van der Waals surface area contributed by atoms with Gasteiger partial charge in [-0.05, 0) is 81.5 Å². The predicted molar refractivity (Wildman–Crippen MR) is 261 cm³/mol. The molecule has 0 saturated carbocycles. The number of thiazole rings is 1. The normalized spacial score (nSPS) is 16.7. The van der Waals surface area contributed by atoms with E-state index in [0.29, 0.717) is 23.6 Å². The molecule has 7 atom stereocenters. The molecule has 4 amide bonds. The molecule has 1 saturated heterocycles. The summed E-state index contributed by atoms with van der Waals surface area (Å²) in [7, 11) is 5.01. The largest absolute Gasteiger partial charge is 0.508 e. The summed E-state index contributed by atoms with van der Waals surface area (Å²) in [6.07, 6.45) is 4.61. The summed E-state index contributed by atoms with van der Waals surface area (Å²) >= 11 is 1.10. The lowest BCUT2D eigenvalue weighted by atomic mass is 9.82. The Kier molecular flexibility index (Phi) is 25.0. The van der Waals surface area contributed by atoms with E-state index in [0.717, 1.165) is 42.7 Å². The number of nitrogens with one attached hydrogen (secondary N) is 3. The first-order chi connectivity index (χ1) is 31.9. The standard InChI is InChI=1S/C47H72N6O11S3/c1-10-14-42(57)63-28-53(46(60)36(30(5)11-2)25-40(56)38-15-12-13-20-52(38)8)39(29(3)4)26-41(64-32(7)54)45-49-37(27-66-45)44(59)48-34(24-33-16-18-35(55)19-17-33)23-31(6)43(58)50-51-47(61)62-21-22-67-65-9/h16-19,27,29-31,34,36,38-39,41,55H,10-15,20-26,28H2,1-9H3,(H,48,59)(H,50,58)(H,51,61)/t30?,31-,34+,36-,38+,39+,41+/m0/s1. The first kappa shape index (κ1) is 56.9. The molecule has 1 fully saturated rings. The topological polar surface area (TPSA) is 223 Å². The molecular formula is C47H72N6O11S3. The van der Waals surface area contributed by atoms with Gasteiger partial charge in [-0.3, -0.25) is 39.1 Å². The zero-order valence-corrected chi connectivity index (χ0v) is 43.0. The number of esters is 2. The van der Waals surface area contributed by atoms with Crippen LogP contribution in [-0.2, 0) is 44.6 Å². The number of ether oxygens (including phenoxy) is 3. The number of ketones is 1. The molecule has 1 aromatic heterocycles. The van der Waals surface area contributed by atoms with Crippen molar-refractivity contribution < 1.29 is 52.9 Å². The summed E-state index contributed by atoms with van der Waals surface area (Å²) in [6.45, 7) is 13.1. The third kappa shape index (κ3) is 19.3. The van der Waals surface area contributed by atoms with Crippen LogP contribution in [0.5, 0.6) is 5.75 Å². The second-order valence-electron chi connectivity index (χ2n) is 17.5. The first-order valence-corrected chi connectivity index (χ1v) is 26.8. The van der Waals surface area contributed by atoms with E-state index in [9.17, 15) is 38.7 Å². The molecule has 67 heavy (non-hydrogen) atoms. The Labute approximate surface area is 407 Å². The fourth-order valence-corrected chi connectivity index (χ4v) is 9.81. The monoisotopic (exact) mass is 992 g/mol. The number of benzene rings is 1. The molecule has 1 unspecified atom stereocenters. The van der Waals surface area contributed by atoms with E-state index in [1.807, 2.05) is 47.9 Å². The van der Waals surface area contributed by atoms with Crippen LogP contribution >= 0.6 is 32.9 Å². The van der Waals surface area contributed by atoms with E-state index in [2.05, 4.69) is 26.1 Å². The smallest absolute Gasteiger partial charge is 0.426 e. The van der Waals surface area contributed by atoms with E-state index >= 15 is 0 Å². The van der Waals surface area contributed by atoms with E-state index in [1.165, 1.54) is 40.1 Å². The van der Waals surface area contributed by atoms with E-state index in [4.69, 9.17) is 14.2 Å². The van der Waals surface area contributed by atoms with Crippen molar-refractivity contribution in [2.24, 2.45) is 23.7 Å². The summed E-state index contributed by atoms with van der Waals surface area (Å²) in [6, 6.07) is 4.90. The summed E-state index contributed by atoms with van der Waals surface area (Å²) in [4.78, 5) is 102. The van der Waals surface area contributed by atoms with E-state index < -0.39 is 59.9 Å². The van der Waals surface area contributed by atoms with Gasteiger partial charge in [-0.25, -0.2) is 15.2 Å². The molecule has 2 heterocycles. The van der Waals surface area contributed by atoms with Gasteiger partial charge < -0.3 is 29.5 Å². The fraction of sp³-hybridized carbons (Fsp3) is 0.660. The van der Waals surface area contributed by atoms with Gasteiger partial charge in [0.05, 0.1) is 6.04 Å². The molecule has 2 aromatic rings. The van der Waals surface area contributed by atoms with Gasteiger partial charge in [0.25, 0.3) is 5.91 Å². The van der Waals surface area contributed by atoms with Crippen molar-refractivity contribution in [2.45, 2.75) is 137 Å². The van der Waals surface area contributed by atoms with Crippen LogP contribution in [0.1, 0.15) is 133 Å². The molecule has 1 aliphatic rings. The molecule has 0 aliphatic carbocycles. The average Bonchev–Trinajstić information content (AvgIpc) is 3.79. The van der Waals surface area contributed by atoms with Crippen molar-refractivity contribution in [3.8, 4) is 5.75 Å². The van der Waals surface area contributed by atoms with Crippen molar-refractivity contribution in [3.63, 3.8) is 0 Å². The van der Waals surface area contributed by atoms with Crippen molar-refractivity contribution in [3.05, 3.63) is 45.9 Å². The van der Waals surface area contributed by atoms with Crippen LogP contribution in [0.25, 0.3) is 0 Å². The predicted octanol–water partition coefficient (Wildman–Crippen LogP) is 7.24. The molecule has 0 radical (unpaired) electrons. The van der Waals surface area contributed by atoms with Crippen LogP contribution in [0.4, 0.5) is 4.79 Å². The number of amides is 4. The van der Waals surface area contributed by atoms with E-state index in [1.54, 1.807) is 29.9 Å². The number of hydrazine groups is 1. The molecule has 20 heteroatoms. The number of phenols is 1. The van der Waals surface area contributed by atoms with E-state index in [-0.39, 0.29) is 86.5 Å². The lowest BCUT2D eigenvalue weighted by Gasteiger charge is -2.39. The third-order valence-corrected chi connectivity index (χ3v) is 14.6. The highest BCUT2D eigenvalue weighted by molar-refractivity contribution is 8.76. The van der Waals surface area contributed by atoms with Crippen LogP contribution in [0.2, 0.25) is 0 Å². The Morgan fingerprint density at radius 3 is 2.34 bits per heavy atom. The SMILES string of the molecule is CCCC(=O)OCN(C(=O)[C@@H](CC(=O)[C@H]1CCCCN1C)C(C)CC)[C@H](C[C@@H](OC(C)=O)c1nc(C(=O)N[C@@H](Cc2ccc(O)cc2)C[C@H](C)C(=O)NNC(=O)OCCSSC)cs1)C(C)C. The highest BCUT2D eigenvalue weighted by Crippen LogP contribution is 2.34. The number of aromatic nitrogens is 1. The zero-order valence-electron chi connectivity index (χ0n) is 40.5. The van der Waals surface area contributed by atoms with Gasteiger partial charge in [0.2, 0.25) is 11.8 Å². The van der Waals surface area contributed by atoms with Crippen molar-refractivity contribution >= 4 is 74.5 Å². The second-order valence-corrected chi connectivity index (χ2v) is 21.1. The number of hydrogen-bond donors (Lipinski definition) is 4. The van der Waals surface area contributed by atoms with Crippen LogP contribution in [-0.4, -0.2) is 118 Å². The molecule has 0 bridgehead atoms. The Bertz CT molecular complexity index is 1920. The van der Waals surface area contributed by atoms with Crippen LogP contribution in [0, 0.1) is 23.7 Å². The number of phenolic OH excluding ortho intramolecular Hbond substituents is 1. The fourth-order valence-electron chi connectivity index (χ4n) is 7.95. The molecule has 4 N–H and O–H groups in total. The number of carbonyl (C=O) groups excluding carboxylic acids is 7. The highest BCUT2D eigenvalue weighted by atomic mass is 33.1. The maximum absolute atomic E-state index is 14.9. The van der Waals surface area contributed by atoms with Gasteiger partial charge in [-0.2, -0.15) is 0 Å². The van der Waals surface area contributed by atoms with Crippen molar-refractivity contribution in [2.75, 3.05) is 38.9 Å². The maximum Gasteiger partial charge on any atom is 0.426 e. The number of Topliss-reactive ketones (excluding diaryl/α,β-unsaturated/α-hetero) is 1. The molecular weight excluding hydrogens is 921 g/mol. The lowest BCUT2D eigenvalue weighted by Crippen LogP contribution is -2.50. The van der Waals surface area contributed by atoms with Gasteiger partial charge >= 0.3 is 18.0 Å². The number of aromatic hydroxyl groups is 1. The van der Waals surface area contributed by atoms with Crippen molar-refractivity contribution in [1.82, 2.24) is 31.0 Å². The number of piperidine rings is 1. The summed E-state index contributed by atoms with van der Waals surface area (Å²) in [5.41, 5.74) is 5.42. The number of carbonyl (C=O) groups is 7. The summed E-state index contributed by atoms with van der Waals surface area (Å²) < 4.78 is 16.7. The third-order valence-electron chi connectivity index (χ3n) is 11.9. The van der Waals surface area contributed by atoms with Gasteiger partial charge in [0.1, 0.15) is 23.1 Å². The first-order valence-electron chi connectivity index (χ1n) is 23.2. The minimum atomic E-state index is -1.02. The Morgan fingerprint density at radius 2 is 1.72 bits per heavy atom. The van der Waals surface area contributed by atoms with Crippen molar-refractivity contribution in [1.29, 1.82) is 0 Å². The van der Waals surface area contributed by atoms with Crippen LogP contribution in [0.3, 0.4) is 0 Å². The molecule has 1 aromatic carbocycles. The second kappa shape index (κ2) is 29.5. The summed E-state index contributed by atoms with van der Waals surface area (Å²) in [5.74, 6) is -3.64. The number of likely N-dealkylation sites (tertiary alicyclic amines) is 1. The molecule has 0 spiro atoms. The number of nitrogens with zero attached hydrogens (tertiary/aromatic N) is 3. The Morgan fingerprint density at radius 1 is 1.00 bits per heavy atom. The van der Waals surface area contributed by atoms with Gasteiger partial charge in [-0.15, -0.1) is 11.3 Å². The minimum absolute atomic E-state index is 0.00480. The number of rotatable bonds is 27.